The lowest BCUT2D eigenvalue weighted by atomic mass is 10.1. The molecule has 32 heavy (non-hydrogen) atoms. The Bertz CT molecular complexity index is 1500. The summed E-state index contributed by atoms with van der Waals surface area (Å²) in [6, 6.07) is 23.0. The third-order valence-electron chi connectivity index (χ3n) is 4.73. The van der Waals surface area contributed by atoms with Gasteiger partial charge in [-0.25, -0.2) is 13.2 Å². The molecule has 0 aliphatic carbocycles. The lowest BCUT2D eigenvalue weighted by Crippen LogP contribution is -2.13. The van der Waals surface area contributed by atoms with Crippen LogP contribution in [0.25, 0.3) is 10.8 Å². The summed E-state index contributed by atoms with van der Waals surface area (Å²) in [6.07, 6.45) is 0. The van der Waals surface area contributed by atoms with E-state index in [4.69, 9.17) is 16.7 Å². The third kappa shape index (κ3) is 4.75. The maximum Gasteiger partial charge on any atom is 0.335 e. The molecule has 5 nitrogen and oxygen atoms in total. The van der Waals surface area contributed by atoms with E-state index in [-0.39, 0.29) is 10.5 Å². The number of carboxylic acids is 1. The summed E-state index contributed by atoms with van der Waals surface area (Å²) in [4.78, 5) is 11.1. The normalized spacial score (nSPS) is 10.9. The van der Waals surface area contributed by atoms with Crippen molar-refractivity contribution in [2.45, 2.75) is 4.90 Å². The Morgan fingerprint density at radius 3 is 2.28 bits per heavy atom. The Morgan fingerprint density at radius 2 is 1.53 bits per heavy atom. The van der Waals surface area contributed by atoms with Crippen LogP contribution in [0, 0.1) is 11.8 Å². The Balaban J connectivity index is 1.63. The average Bonchev–Trinajstić information content (AvgIpc) is 2.78. The fraction of sp³-hybridized carbons (Fsp3) is 0. The van der Waals surface area contributed by atoms with Crippen LogP contribution >= 0.6 is 11.6 Å². The van der Waals surface area contributed by atoms with Gasteiger partial charge in [-0.2, -0.15) is 0 Å². The number of carboxylic acid groups (broad SMARTS) is 1. The Hall–Kier alpha value is -3.79. The number of aromatic carboxylic acids is 1. The molecule has 4 aromatic carbocycles. The van der Waals surface area contributed by atoms with Crippen molar-refractivity contribution in [1.82, 2.24) is 0 Å². The fourth-order valence-electron chi connectivity index (χ4n) is 3.08. The summed E-state index contributed by atoms with van der Waals surface area (Å²) in [5.41, 5.74) is 1.62. The van der Waals surface area contributed by atoms with Crippen LogP contribution in [0.4, 0.5) is 5.69 Å². The maximum atomic E-state index is 13.0. The second-order valence-electron chi connectivity index (χ2n) is 6.94. The predicted octanol–water partition coefficient (Wildman–Crippen LogP) is 5.39. The predicted molar refractivity (Wildman–Crippen MR) is 126 cm³/mol. The van der Waals surface area contributed by atoms with E-state index in [0.29, 0.717) is 21.8 Å². The summed E-state index contributed by atoms with van der Waals surface area (Å²) < 4.78 is 28.6. The zero-order valence-electron chi connectivity index (χ0n) is 16.5. The highest BCUT2D eigenvalue weighted by Gasteiger charge is 2.16. The Morgan fingerprint density at radius 1 is 0.844 bits per heavy atom. The number of benzene rings is 4. The quantitative estimate of drug-likeness (QED) is 0.399. The molecule has 4 rings (SSSR count). The zero-order chi connectivity index (χ0) is 22.7. The summed E-state index contributed by atoms with van der Waals surface area (Å²) in [7, 11) is -3.85. The van der Waals surface area contributed by atoms with E-state index in [9.17, 15) is 13.2 Å². The summed E-state index contributed by atoms with van der Waals surface area (Å²) in [6.45, 7) is 0. The molecule has 0 aliphatic heterocycles. The number of fused-ring (bicyclic) bond motifs is 1. The van der Waals surface area contributed by atoms with Gasteiger partial charge >= 0.3 is 5.97 Å². The van der Waals surface area contributed by atoms with Gasteiger partial charge in [0, 0.05) is 16.1 Å². The van der Waals surface area contributed by atoms with Crippen LogP contribution in [-0.2, 0) is 10.0 Å². The van der Waals surface area contributed by atoms with Gasteiger partial charge in [0.05, 0.1) is 16.1 Å². The topological polar surface area (TPSA) is 83.5 Å². The molecule has 0 radical (unpaired) electrons. The smallest absolute Gasteiger partial charge is 0.335 e. The zero-order valence-corrected chi connectivity index (χ0v) is 18.1. The average molecular weight is 462 g/mol. The van der Waals surface area contributed by atoms with Crippen LogP contribution in [0.3, 0.4) is 0 Å². The van der Waals surface area contributed by atoms with Gasteiger partial charge in [0.2, 0.25) is 0 Å². The van der Waals surface area contributed by atoms with Crippen LogP contribution < -0.4 is 4.72 Å². The van der Waals surface area contributed by atoms with Crippen LogP contribution in [0.2, 0.25) is 5.02 Å². The molecular weight excluding hydrogens is 446 g/mol. The standard InChI is InChI=1S/C25H16ClNO4S/c26-22-13-11-21-16-23(14-12-20(21)15-22)32(30,31)27-24-4-2-1-3-18(24)8-5-17-6-9-19(10-7-17)25(28)29/h1-4,6-7,9-16,27H,(H,28,29). The van der Waals surface area contributed by atoms with Gasteiger partial charge in [0.25, 0.3) is 10.0 Å². The second-order valence-corrected chi connectivity index (χ2v) is 9.06. The molecule has 0 aromatic heterocycles. The van der Waals surface area contributed by atoms with Crippen LogP contribution in [-0.4, -0.2) is 19.5 Å². The second kappa shape index (κ2) is 8.75. The molecule has 0 atom stereocenters. The van der Waals surface area contributed by atoms with E-state index in [0.717, 1.165) is 10.8 Å². The molecule has 158 valence electrons. The summed E-state index contributed by atoms with van der Waals surface area (Å²) >= 11 is 6.00. The summed E-state index contributed by atoms with van der Waals surface area (Å²) in [5, 5.41) is 11.2. The van der Waals surface area contributed by atoms with Gasteiger partial charge < -0.3 is 5.11 Å². The van der Waals surface area contributed by atoms with Crippen molar-refractivity contribution in [3.05, 3.63) is 107 Å². The number of hydrogen-bond acceptors (Lipinski definition) is 3. The Labute approximate surface area is 190 Å². The molecule has 4 aromatic rings. The fourth-order valence-corrected chi connectivity index (χ4v) is 4.38. The van der Waals surface area contributed by atoms with Gasteiger partial charge in [-0.05, 0) is 71.4 Å². The molecule has 0 aliphatic rings. The minimum atomic E-state index is -3.85. The number of halogens is 1. The molecule has 0 saturated carbocycles. The van der Waals surface area contributed by atoms with E-state index in [1.807, 2.05) is 0 Å². The van der Waals surface area contributed by atoms with E-state index in [2.05, 4.69) is 16.6 Å². The van der Waals surface area contributed by atoms with Crippen LogP contribution in [0.5, 0.6) is 0 Å². The number of nitrogens with one attached hydrogen (secondary N) is 1. The third-order valence-corrected chi connectivity index (χ3v) is 6.33. The van der Waals surface area contributed by atoms with Crippen molar-refractivity contribution in [3.8, 4) is 11.8 Å². The molecule has 2 N–H and O–H groups in total. The molecule has 0 unspecified atom stereocenters. The number of anilines is 1. The summed E-state index contributed by atoms with van der Waals surface area (Å²) in [5.74, 6) is 4.87. The van der Waals surface area contributed by atoms with Crippen LogP contribution in [0.1, 0.15) is 21.5 Å². The monoisotopic (exact) mass is 461 g/mol. The first-order valence-electron chi connectivity index (χ1n) is 9.48. The van der Waals surface area contributed by atoms with Gasteiger partial charge in [-0.15, -0.1) is 0 Å². The molecule has 0 amide bonds. The molecule has 0 spiro atoms. The number of sulfonamides is 1. The highest BCUT2D eigenvalue weighted by Crippen LogP contribution is 2.25. The highest BCUT2D eigenvalue weighted by atomic mass is 35.5. The number of hydrogen-bond donors (Lipinski definition) is 2. The van der Waals surface area contributed by atoms with Gasteiger partial charge in [0.15, 0.2) is 0 Å². The highest BCUT2D eigenvalue weighted by molar-refractivity contribution is 7.92. The van der Waals surface area contributed by atoms with Gasteiger partial charge in [0.1, 0.15) is 0 Å². The van der Waals surface area contributed by atoms with E-state index < -0.39 is 16.0 Å². The molecular formula is C25H16ClNO4S. The first-order chi connectivity index (χ1) is 15.3. The van der Waals surface area contributed by atoms with Crippen molar-refractivity contribution in [2.75, 3.05) is 4.72 Å². The van der Waals surface area contributed by atoms with Crippen molar-refractivity contribution in [2.24, 2.45) is 0 Å². The minimum absolute atomic E-state index is 0.124. The number of carbonyl (C=O) groups is 1. The molecule has 0 heterocycles. The van der Waals surface area contributed by atoms with Crippen molar-refractivity contribution in [1.29, 1.82) is 0 Å². The SMILES string of the molecule is O=C(O)c1ccc(C#Cc2ccccc2NS(=O)(=O)c2ccc3cc(Cl)ccc3c2)cc1. The van der Waals surface area contributed by atoms with E-state index in [1.54, 1.807) is 66.7 Å². The van der Waals surface area contributed by atoms with Crippen molar-refractivity contribution < 1.29 is 18.3 Å². The Kier molecular flexibility index (Phi) is 5.87. The number of para-hydroxylation sites is 1. The van der Waals surface area contributed by atoms with E-state index in [1.165, 1.54) is 18.2 Å². The van der Waals surface area contributed by atoms with Gasteiger partial charge in [-0.1, -0.05) is 47.7 Å². The molecule has 0 fully saturated rings. The maximum absolute atomic E-state index is 13.0. The lowest BCUT2D eigenvalue weighted by molar-refractivity contribution is 0.0697. The first-order valence-corrected chi connectivity index (χ1v) is 11.3. The van der Waals surface area contributed by atoms with Crippen LogP contribution in [0.15, 0.2) is 89.8 Å². The van der Waals surface area contributed by atoms with E-state index >= 15 is 0 Å². The minimum Gasteiger partial charge on any atom is -0.478 e. The lowest BCUT2D eigenvalue weighted by Gasteiger charge is -2.11. The molecule has 0 saturated heterocycles. The first kappa shape index (κ1) is 21.4. The number of rotatable bonds is 4. The van der Waals surface area contributed by atoms with Crippen molar-refractivity contribution >= 4 is 44.1 Å². The largest absolute Gasteiger partial charge is 0.478 e. The van der Waals surface area contributed by atoms with Gasteiger partial charge in [-0.3, -0.25) is 4.72 Å². The molecule has 7 heteroatoms. The molecule has 0 bridgehead atoms. The van der Waals surface area contributed by atoms with Crippen molar-refractivity contribution in [3.63, 3.8) is 0 Å².